The van der Waals surface area contributed by atoms with Gasteiger partial charge >= 0.3 is 12.4 Å². The summed E-state index contributed by atoms with van der Waals surface area (Å²) in [6.45, 7) is 0.152. The first kappa shape index (κ1) is 24.3. The number of alkyl halides is 6. The van der Waals surface area contributed by atoms with Gasteiger partial charge in [-0.15, -0.1) is 0 Å². The molecule has 1 heterocycles. The van der Waals surface area contributed by atoms with E-state index in [4.69, 9.17) is 5.26 Å². The molecule has 0 bridgehead atoms. The lowest BCUT2D eigenvalue weighted by atomic mass is 9.79. The highest BCUT2D eigenvalue weighted by Gasteiger charge is 2.72. The Kier molecular flexibility index (Phi) is 6.25. The minimum Gasteiger partial charge on any atom is -0.370 e. The van der Waals surface area contributed by atoms with Crippen LogP contribution in [0, 0.1) is 17.2 Å². The summed E-state index contributed by atoms with van der Waals surface area (Å²) in [5.41, 5.74) is -5.93. The molecule has 0 saturated carbocycles. The molecule has 32 heavy (non-hydrogen) atoms. The standard InChI is InChI=1S/C20H18F6N2O3S/c21-19(22,23)18(30,20(24,25)26)15-6-7-17-14(10-15)4-2-8-28(17)32(31,12-29)16-5-1-3-13(9-16)11-27/h1,3,5-7,9-10,12,14,17,30-31H,2,4,8H2. The first-order chi connectivity index (χ1) is 14.8. The van der Waals surface area contributed by atoms with Gasteiger partial charge in [-0.3, -0.25) is 4.79 Å². The molecule has 0 aromatic heterocycles. The third-order valence-corrected chi connectivity index (χ3v) is 7.95. The van der Waals surface area contributed by atoms with Crippen molar-refractivity contribution in [2.45, 2.75) is 41.7 Å². The maximum absolute atomic E-state index is 13.3. The molecule has 1 fully saturated rings. The van der Waals surface area contributed by atoms with Crippen molar-refractivity contribution >= 4 is 16.1 Å². The lowest BCUT2D eigenvalue weighted by Gasteiger charge is -2.49. The molecule has 2 aliphatic rings. The van der Waals surface area contributed by atoms with E-state index in [1.165, 1.54) is 28.6 Å². The molecule has 1 aliphatic heterocycles. The predicted octanol–water partition coefficient (Wildman–Crippen LogP) is 4.73. The Morgan fingerprint density at radius 2 is 1.84 bits per heavy atom. The largest absolute Gasteiger partial charge is 0.430 e. The van der Waals surface area contributed by atoms with Gasteiger partial charge in [-0.05, 0) is 42.5 Å². The first-order valence-corrected chi connectivity index (χ1v) is 10.9. The summed E-state index contributed by atoms with van der Waals surface area (Å²) >= 11 is 0. The Morgan fingerprint density at radius 3 is 2.41 bits per heavy atom. The molecule has 174 valence electrons. The van der Waals surface area contributed by atoms with Crippen LogP contribution in [0.15, 0.2) is 53.0 Å². The highest BCUT2D eigenvalue weighted by molar-refractivity contribution is 8.37. The van der Waals surface area contributed by atoms with Crippen molar-refractivity contribution in [1.82, 2.24) is 4.31 Å². The number of carbonyl (C=O) groups excluding carboxylic acids is 1. The van der Waals surface area contributed by atoms with E-state index in [1.807, 2.05) is 6.07 Å². The van der Waals surface area contributed by atoms with Crippen LogP contribution >= 0.6 is 10.5 Å². The number of piperidine rings is 1. The number of carbonyl (C=O) groups is 1. The molecule has 12 heteroatoms. The fraction of sp³-hybridized carbons (Fsp3) is 0.400. The highest BCUT2D eigenvalue weighted by atomic mass is 32.3. The van der Waals surface area contributed by atoms with Crippen LogP contribution in [0.25, 0.3) is 0 Å². The van der Waals surface area contributed by atoms with Gasteiger partial charge in [0.25, 0.3) is 5.60 Å². The van der Waals surface area contributed by atoms with Crippen LogP contribution in [-0.4, -0.2) is 50.1 Å². The van der Waals surface area contributed by atoms with Gasteiger partial charge < -0.3 is 9.66 Å². The molecule has 5 nitrogen and oxygen atoms in total. The third kappa shape index (κ3) is 3.83. The summed E-state index contributed by atoms with van der Waals surface area (Å²) in [6.07, 6.45) is -9.25. The highest BCUT2D eigenvalue weighted by Crippen LogP contribution is 2.57. The average molecular weight is 480 g/mol. The van der Waals surface area contributed by atoms with Gasteiger partial charge in [0, 0.05) is 28.0 Å². The molecule has 0 amide bonds. The maximum Gasteiger partial charge on any atom is 0.430 e. The second-order valence-electron chi connectivity index (χ2n) is 7.45. The zero-order valence-corrected chi connectivity index (χ0v) is 17.1. The molecular weight excluding hydrogens is 462 g/mol. The van der Waals surface area contributed by atoms with E-state index >= 15 is 0 Å². The molecule has 1 aromatic carbocycles. The molecular formula is C20H18F6N2O3S. The Balaban J connectivity index is 2.02. The minimum atomic E-state index is -6.00. The van der Waals surface area contributed by atoms with Crippen LogP contribution in [-0.2, 0) is 4.79 Å². The second kappa shape index (κ2) is 8.22. The van der Waals surface area contributed by atoms with Crippen molar-refractivity contribution in [3.63, 3.8) is 0 Å². The van der Waals surface area contributed by atoms with Crippen LogP contribution in [0.5, 0.6) is 0 Å². The molecule has 1 aliphatic carbocycles. The molecule has 3 unspecified atom stereocenters. The van der Waals surface area contributed by atoms with Gasteiger partial charge in [0.2, 0.25) is 0 Å². The van der Waals surface area contributed by atoms with E-state index in [2.05, 4.69) is 0 Å². The number of hydrogen-bond acceptors (Lipinski definition) is 5. The van der Waals surface area contributed by atoms with Crippen molar-refractivity contribution in [3.8, 4) is 6.07 Å². The lowest BCUT2D eigenvalue weighted by Crippen LogP contribution is -2.58. The van der Waals surface area contributed by atoms with Gasteiger partial charge in [-0.25, -0.2) is 4.31 Å². The molecule has 3 rings (SSSR count). The SMILES string of the molecule is N#Cc1cccc(S(O)(C=O)N2CCCC3C=C(C(O)(C(F)(F)F)C(F)(F)F)C=CC32)c1. The maximum atomic E-state index is 13.3. The molecule has 1 aromatic rings. The van der Waals surface area contributed by atoms with E-state index in [-0.39, 0.29) is 29.8 Å². The summed E-state index contributed by atoms with van der Waals surface area (Å²) in [5, 5.41) is 18.8. The minimum absolute atomic E-state index is 0.123. The van der Waals surface area contributed by atoms with E-state index < -0.39 is 46.0 Å². The Hall–Kier alpha value is -2.33. The number of rotatable bonds is 4. The monoisotopic (exact) mass is 480 g/mol. The van der Waals surface area contributed by atoms with Gasteiger partial charge in [0.15, 0.2) is 5.62 Å². The fourth-order valence-corrected chi connectivity index (χ4v) is 6.05. The zero-order valence-electron chi connectivity index (χ0n) is 16.3. The normalized spacial score (nSPS) is 25.2. The zero-order chi connectivity index (χ0) is 23.9. The van der Waals surface area contributed by atoms with Crippen molar-refractivity contribution in [3.05, 3.63) is 53.6 Å². The van der Waals surface area contributed by atoms with Crippen LogP contribution < -0.4 is 0 Å². The third-order valence-electron chi connectivity index (χ3n) is 5.59. The molecule has 1 saturated heterocycles. The number of nitriles is 1. The molecule has 0 radical (unpaired) electrons. The Labute approximate surface area is 180 Å². The van der Waals surface area contributed by atoms with Gasteiger partial charge in [0.05, 0.1) is 11.6 Å². The van der Waals surface area contributed by atoms with Gasteiger partial charge in [0.1, 0.15) is 0 Å². The van der Waals surface area contributed by atoms with Gasteiger partial charge in [-0.1, -0.05) is 24.3 Å². The number of aliphatic hydroxyl groups is 1. The number of hydrogen-bond donors (Lipinski definition) is 2. The van der Waals surface area contributed by atoms with Crippen LogP contribution in [0.4, 0.5) is 26.3 Å². The van der Waals surface area contributed by atoms with Crippen LogP contribution in [0.1, 0.15) is 18.4 Å². The molecule has 0 spiro atoms. The topological polar surface area (TPSA) is 84.6 Å². The average Bonchev–Trinajstić information content (AvgIpc) is 2.75. The quantitative estimate of drug-likeness (QED) is 0.481. The summed E-state index contributed by atoms with van der Waals surface area (Å²) in [5.74, 6) is -0.918. The summed E-state index contributed by atoms with van der Waals surface area (Å²) in [4.78, 5) is 12.1. The Bertz CT molecular complexity index is 986. The van der Waals surface area contributed by atoms with Gasteiger partial charge in [-0.2, -0.15) is 31.6 Å². The van der Waals surface area contributed by atoms with E-state index in [0.717, 1.165) is 6.08 Å². The van der Waals surface area contributed by atoms with E-state index in [0.29, 0.717) is 17.8 Å². The second-order valence-corrected chi connectivity index (χ2v) is 9.77. The number of fused-ring (bicyclic) bond motifs is 1. The lowest BCUT2D eigenvalue weighted by molar-refractivity contribution is -0.351. The molecule has 3 atom stereocenters. The summed E-state index contributed by atoms with van der Waals surface area (Å²) in [6, 6.07) is 6.65. The van der Waals surface area contributed by atoms with Crippen LogP contribution in [0.2, 0.25) is 0 Å². The summed E-state index contributed by atoms with van der Waals surface area (Å²) < 4.78 is 92.1. The number of halogens is 6. The predicted molar refractivity (Wildman–Crippen MR) is 104 cm³/mol. The van der Waals surface area contributed by atoms with Crippen molar-refractivity contribution in [1.29, 1.82) is 5.26 Å². The summed E-state index contributed by atoms with van der Waals surface area (Å²) in [7, 11) is -3.36. The van der Waals surface area contributed by atoms with E-state index in [9.17, 15) is 40.8 Å². The number of benzene rings is 1. The van der Waals surface area contributed by atoms with Crippen molar-refractivity contribution < 1.29 is 40.8 Å². The van der Waals surface area contributed by atoms with E-state index in [1.54, 1.807) is 0 Å². The van der Waals surface area contributed by atoms with Crippen LogP contribution in [0.3, 0.4) is 0 Å². The number of nitrogens with zero attached hydrogens (tertiary/aromatic N) is 2. The van der Waals surface area contributed by atoms with Crippen molar-refractivity contribution in [2.75, 3.05) is 6.54 Å². The smallest absolute Gasteiger partial charge is 0.370 e. The molecule has 2 N–H and O–H groups in total. The Morgan fingerprint density at radius 1 is 1.19 bits per heavy atom. The fourth-order valence-electron chi connectivity index (χ4n) is 3.98. The first-order valence-electron chi connectivity index (χ1n) is 9.34. The van der Waals surface area contributed by atoms with Crippen molar-refractivity contribution in [2.24, 2.45) is 5.92 Å².